The zero-order valence-electron chi connectivity index (χ0n) is 13.2. The van der Waals surface area contributed by atoms with Gasteiger partial charge in [0.2, 0.25) is 10.0 Å². The molecule has 0 radical (unpaired) electrons. The zero-order chi connectivity index (χ0) is 16.3. The number of thiophene rings is 1. The maximum Gasteiger partial charge on any atom is 0.250 e. The van der Waals surface area contributed by atoms with Gasteiger partial charge in [0, 0.05) is 11.9 Å². The second-order valence-electron chi connectivity index (χ2n) is 5.97. The van der Waals surface area contributed by atoms with Crippen molar-refractivity contribution in [3.05, 3.63) is 23.2 Å². The second-order valence-corrected chi connectivity index (χ2v) is 9.91. The van der Waals surface area contributed by atoms with E-state index < -0.39 is 10.0 Å². The van der Waals surface area contributed by atoms with Crippen LogP contribution in [0.5, 0.6) is 0 Å². The predicted octanol–water partition coefficient (Wildman–Crippen LogP) is 4.29. The summed E-state index contributed by atoms with van der Waals surface area (Å²) in [5, 5.41) is 2.94. The summed E-state index contributed by atoms with van der Waals surface area (Å²) in [6.07, 6.45) is 6.90. The molecule has 3 rings (SSSR count). The minimum atomic E-state index is -3.40. The fourth-order valence-electron chi connectivity index (χ4n) is 2.85. The zero-order valence-corrected chi connectivity index (χ0v) is 15.7. The number of aryl methyl sites for hydroxylation is 1. The molecule has 1 aliphatic rings. The van der Waals surface area contributed by atoms with E-state index in [-0.39, 0.29) is 0 Å². The molecule has 126 valence electrons. The van der Waals surface area contributed by atoms with Gasteiger partial charge in [-0.25, -0.2) is 18.1 Å². The van der Waals surface area contributed by atoms with Gasteiger partial charge in [-0.2, -0.15) is 0 Å². The first-order chi connectivity index (χ1) is 11.1. The summed E-state index contributed by atoms with van der Waals surface area (Å²) in [5.41, 5.74) is 1.05. The van der Waals surface area contributed by atoms with Gasteiger partial charge in [0.1, 0.15) is 9.22 Å². The van der Waals surface area contributed by atoms with Crippen LogP contribution in [0.1, 0.15) is 44.7 Å². The third-order valence-corrected chi connectivity index (χ3v) is 8.32. The van der Waals surface area contributed by atoms with Gasteiger partial charge in [0.15, 0.2) is 0 Å². The predicted molar refractivity (Wildman–Crippen MR) is 96.6 cm³/mol. The van der Waals surface area contributed by atoms with Crippen molar-refractivity contribution in [1.82, 2.24) is 9.71 Å². The molecule has 2 heterocycles. The number of hydrogen-bond acceptors (Lipinski definition) is 5. The first-order valence-corrected chi connectivity index (χ1v) is 11.3. The average molecular weight is 371 g/mol. The standard InChI is InChI=1S/C16H22N2O2S3/c1-2-13-11-21-16(18-13)14-8-9-15(22-14)23(19,20)17-10-12-6-4-3-5-7-12/h8-9,11-12,17H,2-7,10H2,1H3. The minimum absolute atomic E-state index is 0.386. The molecular formula is C16H22N2O2S3. The molecular weight excluding hydrogens is 348 g/mol. The van der Waals surface area contributed by atoms with Gasteiger partial charge in [0.05, 0.1) is 10.6 Å². The number of rotatable bonds is 6. The lowest BCUT2D eigenvalue weighted by Crippen LogP contribution is -2.29. The van der Waals surface area contributed by atoms with E-state index in [1.807, 2.05) is 11.4 Å². The first kappa shape index (κ1) is 17.1. The Kier molecular flexibility index (Phi) is 5.51. The fourth-order valence-corrected chi connectivity index (χ4v) is 6.29. The Morgan fingerprint density at radius 2 is 2.04 bits per heavy atom. The van der Waals surface area contributed by atoms with Crippen molar-refractivity contribution in [1.29, 1.82) is 0 Å². The molecule has 23 heavy (non-hydrogen) atoms. The SMILES string of the molecule is CCc1csc(-c2ccc(S(=O)(=O)NCC3CCCCC3)s2)n1. The highest BCUT2D eigenvalue weighted by molar-refractivity contribution is 7.91. The number of thiazole rings is 1. The molecule has 0 aliphatic heterocycles. The molecule has 4 nitrogen and oxygen atoms in total. The lowest BCUT2D eigenvalue weighted by atomic mass is 9.90. The molecule has 1 aliphatic carbocycles. The average Bonchev–Trinajstić information content (AvgIpc) is 3.23. The Morgan fingerprint density at radius 3 is 2.74 bits per heavy atom. The van der Waals surface area contributed by atoms with Crippen LogP contribution in [0.2, 0.25) is 0 Å². The van der Waals surface area contributed by atoms with Gasteiger partial charge < -0.3 is 0 Å². The number of sulfonamides is 1. The molecule has 1 fully saturated rings. The third kappa shape index (κ3) is 4.21. The van der Waals surface area contributed by atoms with Crippen LogP contribution in [-0.4, -0.2) is 19.9 Å². The highest BCUT2D eigenvalue weighted by Gasteiger charge is 2.21. The topological polar surface area (TPSA) is 59.1 Å². The van der Waals surface area contributed by atoms with E-state index in [0.29, 0.717) is 16.7 Å². The lowest BCUT2D eigenvalue weighted by Gasteiger charge is -2.21. The van der Waals surface area contributed by atoms with Crippen molar-refractivity contribution >= 4 is 32.7 Å². The normalized spacial score (nSPS) is 16.7. The van der Waals surface area contributed by atoms with Gasteiger partial charge in [-0.3, -0.25) is 0 Å². The molecule has 0 saturated heterocycles. The third-order valence-electron chi connectivity index (χ3n) is 4.26. The molecule has 0 atom stereocenters. The lowest BCUT2D eigenvalue weighted by molar-refractivity contribution is 0.357. The molecule has 1 saturated carbocycles. The van der Waals surface area contributed by atoms with E-state index in [4.69, 9.17) is 0 Å². The molecule has 0 bridgehead atoms. The maximum atomic E-state index is 12.5. The number of aromatic nitrogens is 1. The van der Waals surface area contributed by atoms with E-state index in [1.165, 1.54) is 30.6 Å². The molecule has 0 aromatic carbocycles. The summed E-state index contributed by atoms with van der Waals surface area (Å²) in [5.74, 6) is 0.490. The van der Waals surface area contributed by atoms with Gasteiger partial charge in [-0.05, 0) is 37.3 Å². The Balaban J connectivity index is 1.68. The molecule has 0 spiro atoms. The second kappa shape index (κ2) is 7.42. The number of hydrogen-bond donors (Lipinski definition) is 1. The van der Waals surface area contributed by atoms with Gasteiger partial charge in [0.25, 0.3) is 0 Å². The van der Waals surface area contributed by atoms with E-state index >= 15 is 0 Å². The van der Waals surface area contributed by atoms with Crippen LogP contribution in [-0.2, 0) is 16.4 Å². The monoisotopic (exact) mass is 370 g/mol. The summed E-state index contributed by atoms with van der Waals surface area (Å²) >= 11 is 2.87. The van der Waals surface area contributed by atoms with Crippen LogP contribution in [0.3, 0.4) is 0 Å². The fraction of sp³-hybridized carbons (Fsp3) is 0.562. The summed E-state index contributed by atoms with van der Waals surface area (Å²) < 4.78 is 28.1. The minimum Gasteiger partial charge on any atom is -0.240 e. The van der Waals surface area contributed by atoms with Gasteiger partial charge in [-0.15, -0.1) is 22.7 Å². The van der Waals surface area contributed by atoms with E-state index in [9.17, 15) is 8.42 Å². The van der Waals surface area contributed by atoms with E-state index in [2.05, 4.69) is 16.6 Å². The molecule has 7 heteroatoms. The Morgan fingerprint density at radius 1 is 1.26 bits per heavy atom. The van der Waals surface area contributed by atoms with Crippen molar-refractivity contribution in [2.45, 2.75) is 49.7 Å². The summed E-state index contributed by atoms with van der Waals surface area (Å²) in [7, 11) is -3.40. The van der Waals surface area contributed by atoms with Crippen molar-refractivity contribution in [2.24, 2.45) is 5.92 Å². The Labute approximate surface area is 146 Å². The highest BCUT2D eigenvalue weighted by atomic mass is 32.2. The molecule has 0 unspecified atom stereocenters. The molecule has 1 N–H and O–H groups in total. The van der Waals surface area contributed by atoms with Crippen LogP contribution in [0.4, 0.5) is 0 Å². The van der Waals surface area contributed by atoms with Crippen molar-refractivity contribution < 1.29 is 8.42 Å². The largest absolute Gasteiger partial charge is 0.250 e. The van der Waals surface area contributed by atoms with Crippen LogP contribution in [0, 0.1) is 5.92 Å². The van der Waals surface area contributed by atoms with E-state index in [1.54, 1.807) is 17.4 Å². The highest BCUT2D eigenvalue weighted by Crippen LogP contribution is 2.33. The van der Waals surface area contributed by atoms with E-state index in [0.717, 1.165) is 34.8 Å². The van der Waals surface area contributed by atoms with Crippen LogP contribution < -0.4 is 4.72 Å². The quantitative estimate of drug-likeness (QED) is 0.825. The summed E-state index contributed by atoms with van der Waals surface area (Å²) in [4.78, 5) is 5.45. The van der Waals surface area contributed by atoms with Crippen LogP contribution in [0.25, 0.3) is 9.88 Å². The van der Waals surface area contributed by atoms with Gasteiger partial charge >= 0.3 is 0 Å². The maximum absolute atomic E-state index is 12.5. The van der Waals surface area contributed by atoms with Crippen LogP contribution in [0.15, 0.2) is 21.7 Å². The number of nitrogens with zero attached hydrogens (tertiary/aromatic N) is 1. The van der Waals surface area contributed by atoms with Crippen molar-refractivity contribution in [3.63, 3.8) is 0 Å². The molecule has 2 aromatic rings. The Bertz CT molecular complexity index is 743. The first-order valence-electron chi connectivity index (χ1n) is 8.13. The van der Waals surface area contributed by atoms with Gasteiger partial charge in [-0.1, -0.05) is 26.2 Å². The van der Waals surface area contributed by atoms with Crippen molar-refractivity contribution in [3.8, 4) is 9.88 Å². The number of nitrogens with one attached hydrogen (secondary N) is 1. The van der Waals surface area contributed by atoms with Crippen LogP contribution >= 0.6 is 22.7 Å². The Hall–Kier alpha value is -0.760. The summed E-state index contributed by atoms with van der Waals surface area (Å²) in [6, 6.07) is 3.55. The molecule has 0 amide bonds. The smallest absolute Gasteiger partial charge is 0.240 e. The summed E-state index contributed by atoms with van der Waals surface area (Å²) in [6.45, 7) is 2.63. The van der Waals surface area contributed by atoms with Crippen molar-refractivity contribution in [2.75, 3.05) is 6.54 Å². The molecule has 2 aromatic heterocycles.